The number of nitrogens with two attached hydrogens (primary N) is 1. The molecule has 0 atom stereocenters. The van der Waals surface area contributed by atoms with E-state index in [1.807, 2.05) is 6.07 Å². The van der Waals surface area contributed by atoms with Crippen LogP contribution in [0.5, 0.6) is 0 Å². The Morgan fingerprint density at radius 1 is 1.30 bits per heavy atom. The van der Waals surface area contributed by atoms with Crippen molar-refractivity contribution in [2.75, 3.05) is 18.2 Å². The normalized spacial score (nSPS) is 9.60. The fraction of sp³-hybridized carbons (Fsp3) is 0.0667. The largest absolute Gasteiger partial charge is 0.465 e. The average molecular weight is 267 g/mol. The third-order valence-electron chi connectivity index (χ3n) is 2.79. The third-order valence-corrected chi connectivity index (χ3v) is 2.79. The third kappa shape index (κ3) is 2.70. The van der Waals surface area contributed by atoms with Crippen molar-refractivity contribution in [1.82, 2.24) is 0 Å². The molecule has 0 heterocycles. The summed E-state index contributed by atoms with van der Waals surface area (Å²) in [7, 11) is 1.30. The highest BCUT2D eigenvalue weighted by molar-refractivity contribution is 5.96. The summed E-state index contributed by atoms with van der Waals surface area (Å²) in [5.74, 6) is -0.500. The summed E-state index contributed by atoms with van der Waals surface area (Å²) < 4.78 is 4.67. The summed E-state index contributed by atoms with van der Waals surface area (Å²) in [6, 6.07) is 14.1. The molecule has 20 heavy (non-hydrogen) atoms. The number of nitrogens with one attached hydrogen (secondary N) is 1. The number of hydrogen-bond donors (Lipinski definition) is 2. The van der Waals surface area contributed by atoms with Crippen LogP contribution in [0.25, 0.3) is 0 Å². The molecule has 5 nitrogen and oxygen atoms in total. The van der Waals surface area contributed by atoms with Crippen molar-refractivity contribution in [1.29, 1.82) is 5.26 Å². The maximum absolute atomic E-state index is 11.6. The van der Waals surface area contributed by atoms with Crippen LogP contribution in [-0.2, 0) is 4.74 Å². The second-order valence-electron chi connectivity index (χ2n) is 4.08. The molecular formula is C15H13N3O2. The number of carbonyl (C=O) groups excluding carboxylic acids is 1. The highest BCUT2D eigenvalue weighted by atomic mass is 16.5. The summed E-state index contributed by atoms with van der Waals surface area (Å²) in [6.07, 6.45) is 0. The minimum absolute atomic E-state index is 0.284. The van der Waals surface area contributed by atoms with E-state index in [4.69, 9.17) is 11.0 Å². The van der Waals surface area contributed by atoms with Gasteiger partial charge >= 0.3 is 5.97 Å². The summed E-state index contributed by atoms with van der Waals surface area (Å²) >= 11 is 0. The van der Waals surface area contributed by atoms with Gasteiger partial charge in [-0.2, -0.15) is 5.26 Å². The summed E-state index contributed by atoms with van der Waals surface area (Å²) in [5, 5.41) is 12.1. The monoisotopic (exact) mass is 267 g/mol. The van der Waals surface area contributed by atoms with Crippen LogP contribution in [-0.4, -0.2) is 13.1 Å². The van der Waals surface area contributed by atoms with Crippen LogP contribution in [0.1, 0.15) is 15.9 Å². The Hall–Kier alpha value is -3.00. The van der Waals surface area contributed by atoms with Crippen LogP contribution in [0.15, 0.2) is 42.5 Å². The van der Waals surface area contributed by atoms with E-state index in [1.54, 1.807) is 36.4 Å². The maximum Gasteiger partial charge on any atom is 0.340 e. The number of hydrogen-bond acceptors (Lipinski definition) is 5. The molecule has 100 valence electrons. The smallest absolute Gasteiger partial charge is 0.340 e. The van der Waals surface area contributed by atoms with Crippen LogP contribution in [0.4, 0.5) is 17.1 Å². The molecule has 0 unspecified atom stereocenters. The highest BCUT2D eigenvalue weighted by Gasteiger charge is 2.11. The number of para-hydroxylation sites is 1. The average Bonchev–Trinajstić information content (AvgIpc) is 2.49. The zero-order valence-corrected chi connectivity index (χ0v) is 10.9. The van der Waals surface area contributed by atoms with Crippen molar-refractivity contribution < 1.29 is 9.53 Å². The first-order valence-corrected chi connectivity index (χ1v) is 5.89. The van der Waals surface area contributed by atoms with Crippen molar-refractivity contribution in [3.63, 3.8) is 0 Å². The number of nitrogens with zero attached hydrogens (tertiary/aromatic N) is 1. The Balaban J connectivity index is 2.35. The molecule has 3 N–H and O–H groups in total. The molecule has 0 aliphatic rings. The van der Waals surface area contributed by atoms with Gasteiger partial charge in [-0.3, -0.25) is 0 Å². The Kier molecular flexibility index (Phi) is 3.87. The summed E-state index contributed by atoms with van der Waals surface area (Å²) in [4.78, 5) is 11.6. The second kappa shape index (κ2) is 5.76. The minimum atomic E-state index is -0.500. The topological polar surface area (TPSA) is 88.1 Å². The lowest BCUT2D eigenvalue weighted by Crippen LogP contribution is -2.06. The lowest BCUT2D eigenvalue weighted by molar-refractivity contribution is 0.0602. The van der Waals surface area contributed by atoms with Crippen LogP contribution in [0, 0.1) is 11.3 Å². The van der Waals surface area contributed by atoms with E-state index in [2.05, 4.69) is 16.1 Å². The van der Waals surface area contributed by atoms with E-state index in [9.17, 15) is 4.79 Å². The number of ether oxygens (including phenoxy) is 1. The fourth-order valence-electron chi connectivity index (χ4n) is 1.77. The van der Waals surface area contributed by atoms with Crippen molar-refractivity contribution in [2.45, 2.75) is 0 Å². The molecule has 2 aromatic carbocycles. The Labute approximate surface area is 116 Å². The number of rotatable bonds is 3. The summed E-state index contributed by atoms with van der Waals surface area (Å²) in [5.41, 5.74) is 8.20. The van der Waals surface area contributed by atoms with Gasteiger partial charge in [0.15, 0.2) is 0 Å². The lowest BCUT2D eigenvalue weighted by Gasteiger charge is -2.10. The predicted molar refractivity (Wildman–Crippen MR) is 76.6 cm³/mol. The molecule has 0 saturated carbocycles. The van der Waals surface area contributed by atoms with Crippen molar-refractivity contribution >= 4 is 23.0 Å². The van der Waals surface area contributed by atoms with E-state index in [-0.39, 0.29) is 5.56 Å². The van der Waals surface area contributed by atoms with Crippen LogP contribution >= 0.6 is 0 Å². The number of benzene rings is 2. The number of nitrogen functional groups attached to an aromatic ring is 1. The highest BCUT2D eigenvalue weighted by Crippen LogP contribution is 2.24. The van der Waals surface area contributed by atoms with E-state index >= 15 is 0 Å². The van der Waals surface area contributed by atoms with Gasteiger partial charge < -0.3 is 15.8 Å². The van der Waals surface area contributed by atoms with E-state index in [1.165, 1.54) is 7.11 Å². The number of carbonyl (C=O) groups is 1. The zero-order chi connectivity index (χ0) is 14.5. The maximum atomic E-state index is 11.6. The number of methoxy groups -OCH3 is 1. The quantitative estimate of drug-likeness (QED) is 0.659. The van der Waals surface area contributed by atoms with E-state index in [0.717, 1.165) is 0 Å². The van der Waals surface area contributed by atoms with Crippen LogP contribution in [0.2, 0.25) is 0 Å². The molecule has 0 aliphatic heterocycles. The van der Waals surface area contributed by atoms with Gasteiger partial charge in [0, 0.05) is 11.4 Å². The second-order valence-corrected chi connectivity index (χ2v) is 4.08. The standard InChI is InChI=1S/C15H13N3O2/c1-20-15(19)12-8-11(6-7-13(12)17)18-14-5-3-2-4-10(14)9-16/h2-8,18H,17H2,1H3. The molecule has 0 amide bonds. The van der Waals surface area contributed by atoms with Crippen molar-refractivity contribution in [2.24, 2.45) is 0 Å². The SMILES string of the molecule is COC(=O)c1cc(Nc2ccccc2C#N)ccc1N. The van der Waals surface area contributed by atoms with Crippen LogP contribution < -0.4 is 11.1 Å². The molecule has 0 fully saturated rings. The number of esters is 1. The predicted octanol–water partition coefficient (Wildman–Crippen LogP) is 2.67. The van der Waals surface area contributed by atoms with E-state index < -0.39 is 5.97 Å². The summed E-state index contributed by atoms with van der Waals surface area (Å²) in [6.45, 7) is 0. The molecule has 0 saturated heterocycles. The Morgan fingerprint density at radius 3 is 2.75 bits per heavy atom. The molecule has 2 aromatic rings. The lowest BCUT2D eigenvalue weighted by atomic mass is 10.1. The number of anilines is 3. The zero-order valence-electron chi connectivity index (χ0n) is 10.9. The van der Waals surface area contributed by atoms with Gasteiger partial charge in [-0.05, 0) is 30.3 Å². The molecule has 0 aliphatic carbocycles. The van der Waals surface area contributed by atoms with Crippen LogP contribution in [0.3, 0.4) is 0 Å². The van der Waals surface area contributed by atoms with Crippen molar-refractivity contribution in [3.05, 3.63) is 53.6 Å². The van der Waals surface area contributed by atoms with Gasteiger partial charge in [0.25, 0.3) is 0 Å². The van der Waals surface area contributed by atoms with Gasteiger partial charge in [0.2, 0.25) is 0 Å². The van der Waals surface area contributed by atoms with Gasteiger partial charge in [0.05, 0.1) is 23.9 Å². The van der Waals surface area contributed by atoms with Gasteiger partial charge in [-0.15, -0.1) is 0 Å². The minimum Gasteiger partial charge on any atom is -0.465 e. The Morgan fingerprint density at radius 2 is 2.05 bits per heavy atom. The molecular weight excluding hydrogens is 254 g/mol. The molecule has 0 radical (unpaired) electrons. The first-order valence-electron chi connectivity index (χ1n) is 5.89. The van der Waals surface area contributed by atoms with E-state index in [0.29, 0.717) is 22.6 Å². The fourth-order valence-corrected chi connectivity index (χ4v) is 1.77. The van der Waals surface area contributed by atoms with Gasteiger partial charge in [-0.1, -0.05) is 12.1 Å². The Bertz CT molecular complexity index is 690. The van der Waals surface area contributed by atoms with Gasteiger partial charge in [0.1, 0.15) is 6.07 Å². The molecule has 5 heteroatoms. The molecule has 2 rings (SSSR count). The molecule has 0 aromatic heterocycles. The number of nitriles is 1. The molecule has 0 spiro atoms. The first-order chi connectivity index (χ1) is 9.65. The van der Waals surface area contributed by atoms with Crippen molar-refractivity contribution in [3.8, 4) is 6.07 Å². The van der Waals surface area contributed by atoms with Gasteiger partial charge in [-0.25, -0.2) is 4.79 Å². The first kappa shape index (κ1) is 13.4. The molecule has 0 bridgehead atoms.